The van der Waals surface area contributed by atoms with Gasteiger partial charge in [0.2, 0.25) is 0 Å². The quantitative estimate of drug-likeness (QED) is 0.380. The highest BCUT2D eigenvalue weighted by Crippen LogP contribution is 2.66. The van der Waals surface area contributed by atoms with Crippen molar-refractivity contribution in [3.05, 3.63) is 0 Å². The lowest BCUT2D eigenvalue weighted by Gasteiger charge is -2.61. The lowest BCUT2D eigenvalue weighted by molar-refractivity contribution is -0.152. The van der Waals surface area contributed by atoms with E-state index in [1.165, 1.54) is 19.3 Å². The van der Waals surface area contributed by atoms with Crippen molar-refractivity contribution < 1.29 is 23.9 Å². The van der Waals surface area contributed by atoms with E-state index in [1.807, 2.05) is 4.90 Å². The number of rotatable bonds is 8. The maximum atomic E-state index is 13.2. The Morgan fingerprint density at radius 1 is 1.03 bits per heavy atom. The molecule has 1 amide bonds. The largest absolute Gasteiger partial charge is 0.459 e. The minimum absolute atomic E-state index is 0.0484. The van der Waals surface area contributed by atoms with Gasteiger partial charge in [-0.2, -0.15) is 0 Å². The lowest BCUT2D eigenvalue weighted by atomic mass is 9.44. The molecule has 0 bridgehead atoms. The minimum atomic E-state index is -0.416. The van der Waals surface area contributed by atoms with Gasteiger partial charge in [-0.25, -0.2) is 4.79 Å². The predicted molar refractivity (Wildman–Crippen MR) is 148 cm³/mol. The van der Waals surface area contributed by atoms with Crippen molar-refractivity contribution in [3.63, 3.8) is 0 Å². The summed E-state index contributed by atoms with van der Waals surface area (Å²) in [6, 6.07) is 0. The van der Waals surface area contributed by atoms with Crippen LogP contribution in [0.1, 0.15) is 98.3 Å². The van der Waals surface area contributed by atoms with Gasteiger partial charge in [0, 0.05) is 18.4 Å². The van der Waals surface area contributed by atoms with Crippen molar-refractivity contribution in [1.29, 1.82) is 0 Å². The van der Waals surface area contributed by atoms with Gasteiger partial charge in [-0.15, -0.1) is 0 Å². The fourth-order valence-electron chi connectivity index (χ4n) is 9.88. The molecule has 7 nitrogen and oxygen atoms in total. The summed E-state index contributed by atoms with van der Waals surface area (Å²) in [6.45, 7) is 12.5. The second-order valence-corrected chi connectivity index (χ2v) is 14.5. The summed E-state index contributed by atoms with van der Waals surface area (Å²) in [4.78, 5) is 42.6. The number of amides is 1. The molecule has 0 N–H and O–H groups in total. The average molecular weight is 543 g/mol. The summed E-state index contributed by atoms with van der Waals surface area (Å²) < 4.78 is 12.2. The van der Waals surface area contributed by atoms with Gasteiger partial charge in [0.15, 0.2) is 0 Å². The molecule has 6 fully saturated rings. The Balaban J connectivity index is 1.13. The number of fused-ring (bicyclic) bond motifs is 5. The molecule has 6 rings (SSSR count). The molecule has 6 aliphatic rings. The Bertz CT molecular complexity index is 993. The maximum absolute atomic E-state index is 13.2. The van der Waals surface area contributed by atoms with Crippen LogP contribution in [0.3, 0.4) is 0 Å². The van der Waals surface area contributed by atoms with Crippen LogP contribution in [0.25, 0.3) is 0 Å². The van der Waals surface area contributed by atoms with E-state index in [1.54, 1.807) is 0 Å². The first-order chi connectivity index (χ1) is 18.6. The number of nitrogens with zero attached hydrogens (tertiary/aromatic N) is 2. The fourth-order valence-corrected chi connectivity index (χ4v) is 9.88. The van der Waals surface area contributed by atoms with Gasteiger partial charge in [-0.3, -0.25) is 9.59 Å². The number of carbonyl (C=O) groups is 3. The van der Waals surface area contributed by atoms with Gasteiger partial charge in [-0.05, 0) is 106 Å². The van der Waals surface area contributed by atoms with Crippen LogP contribution in [0, 0.1) is 40.4 Å². The van der Waals surface area contributed by atoms with Crippen LogP contribution in [0.15, 0.2) is 0 Å². The summed E-state index contributed by atoms with van der Waals surface area (Å²) in [6.07, 6.45) is 10.7. The Hall–Kier alpha value is -1.63. The lowest BCUT2D eigenvalue weighted by Crippen LogP contribution is -2.56. The number of hydrogen-bond acceptors (Lipinski definition) is 6. The summed E-state index contributed by atoms with van der Waals surface area (Å²) in [5.74, 6) is 2.95. The Morgan fingerprint density at radius 3 is 2.51 bits per heavy atom. The van der Waals surface area contributed by atoms with Crippen LogP contribution in [0.4, 0.5) is 4.79 Å². The minimum Gasteiger partial charge on any atom is -0.459 e. The van der Waals surface area contributed by atoms with Crippen LogP contribution in [-0.2, 0) is 19.1 Å². The highest BCUT2D eigenvalue weighted by Gasteiger charge is 2.63. The Morgan fingerprint density at radius 2 is 1.79 bits per heavy atom. The zero-order chi connectivity index (χ0) is 27.6. The Kier molecular flexibility index (Phi) is 7.08. The summed E-state index contributed by atoms with van der Waals surface area (Å²) in [5, 5.41) is 0. The molecule has 218 valence electrons. The normalized spacial score (nSPS) is 42.2. The number of carbonyl (C=O) groups excluding carboxylic acids is 3. The zero-order valence-electron chi connectivity index (χ0n) is 24.7. The van der Waals surface area contributed by atoms with Crippen molar-refractivity contribution in [1.82, 2.24) is 9.80 Å². The summed E-state index contributed by atoms with van der Waals surface area (Å²) in [5.41, 5.74) is -0.223. The second kappa shape index (κ2) is 10.0. The molecule has 1 heterocycles. The molecule has 5 aliphatic carbocycles. The van der Waals surface area contributed by atoms with Crippen LogP contribution >= 0.6 is 0 Å². The molecule has 0 aromatic heterocycles. The number of ketones is 1. The van der Waals surface area contributed by atoms with Crippen molar-refractivity contribution >= 4 is 17.8 Å². The van der Waals surface area contributed by atoms with Crippen LogP contribution in [-0.4, -0.2) is 72.1 Å². The van der Waals surface area contributed by atoms with E-state index in [0.717, 1.165) is 64.5 Å². The molecule has 0 radical (unpaired) electrons. The van der Waals surface area contributed by atoms with Crippen molar-refractivity contribution in [2.75, 3.05) is 32.7 Å². The molecule has 0 aromatic carbocycles. The molecular formula is C32H50N2O5. The monoisotopic (exact) mass is 542 g/mol. The first-order valence-electron chi connectivity index (χ1n) is 16.0. The smallest absolute Gasteiger partial charge is 0.410 e. The average Bonchev–Trinajstić information content (AvgIpc) is 3.66. The Labute approximate surface area is 234 Å². The first kappa shape index (κ1) is 27.5. The van der Waals surface area contributed by atoms with Gasteiger partial charge in [0.25, 0.3) is 0 Å². The van der Waals surface area contributed by atoms with Gasteiger partial charge in [-0.1, -0.05) is 27.7 Å². The van der Waals surface area contributed by atoms with E-state index in [9.17, 15) is 14.4 Å². The number of ether oxygens (including phenoxy) is 2. The second-order valence-electron chi connectivity index (χ2n) is 14.5. The first-order valence-corrected chi connectivity index (χ1v) is 16.0. The topological polar surface area (TPSA) is 76.2 Å². The zero-order valence-corrected chi connectivity index (χ0v) is 24.7. The number of likely N-dealkylation sites (N-methyl/N-ethyl adjacent to an activating group) is 1. The third-order valence-corrected chi connectivity index (χ3v) is 12.5. The highest BCUT2D eigenvalue weighted by atomic mass is 16.6. The molecule has 7 heteroatoms. The molecule has 1 unspecified atom stereocenters. The molecule has 1 aliphatic heterocycles. The van der Waals surface area contributed by atoms with Gasteiger partial charge < -0.3 is 19.3 Å². The summed E-state index contributed by atoms with van der Waals surface area (Å²) in [7, 11) is 0. The fraction of sp³-hybridized carbons (Fsp3) is 0.906. The van der Waals surface area contributed by atoms with E-state index in [4.69, 9.17) is 9.47 Å². The molecule has 39 heavy (non-hydrogen) atoms. The third-order valence-electron chi connectivity index (χ3n) is 12.5. The molecular weight excluding hydrogens is 492 g/mol. The number of hydrogen-bond donors (Lipinski definition) is 0. The van der Waals surface area contributed by atoms with Gasteiger partial charge in [0.1, 0.15) is 17.5 Å². The van der Waals surface area contributed by atoms with E-state index in [-0.39, 0.29) is 34.9 Å². The van der Waals surface area contributed by atoms with Crippen LogP contribution in [0.5, 0.6) is 0 Å². The highest BCUT2D eigenvalue weighted by molar-refractivity contribution is 5.87. The third kappa shape index (κ3) is 4.72. The van der Waals surface area contributed by atoms with Crippen molar-refractivity contribution in [3.8, 4) is 0 Å². The number of Topliss-reactive ketones (excluding diaryl/α,β-unsaturated/α-hetero) is 1. The summed E-state index contributed by atoms with van der Waals surface area (Å²) >= 11 is 0. The molecule has 1 saturated heterocycles. The molecule has 5 saturated carbocycles. The van der Waals surface area contributed by atoms with Crippen molar-refractivity contribution in [2.45, 2.75) is 110 Å². The maximum Gasteiger partial charge on any atom is 0.410 e. The van der Waals surface area contributed by atoms with Crippen LogP contribution < -0.4 is 0 Å². The van der Waals surface area contributed by atoms with E-state index >= 15 is 0 Å². The number of esters is 1. The SMILES string of the molecule is CCN(CC)CC(CN1C[C@]2(CC[C@@]3(C)[C@@H](CC[C@@H]4[C@@H]3CC[C@]3(C)C(=O)CC[C@@H]43)C2)OC1=O)OC(=O)C1CC1. The van der Waals surface area contributed by atoms with Gasteiger partial charge in [0.05, 0.1) is 19.0 Å². The standard InChI is InChI=1S/C32H50N2O5/c1-5-33(6-2)18-23(38-28(36)21-7-8-21)19-34-20-32(39-29(34)37)16-15-30(3)22(17-32)9-10-24-25-11-12-27(35)31(25,4)14-13-26(24)30/h21-26H,5-20H2,1-4H3/t22-,23?,24-,25-,26-,30-,31-,32+/m0/s1. The van der Waals surface area contributed by atoms with Crippen molar-refractivity contribution in [2.24, 2.45) is 40.4 Å². The van der Waals surface area contributed by atoms with E-state index in [2.05, 4.69) is 32.6 Å². The molecule has 1 spiro atoms. The van der Waals surface area contributed by atoms with E-state index in [0.29, 0.717) is 49.1 Å². The molecule has 0 aromatic rings. The van der Waals surface area contributed by atoms with Crippen LogP contribution in [0.2, 0.25) is 0 Å². The van der Waals surface area contributed by atoms with E-state index < -0.39 is 5.60 Å². The molecule has 8 atom stereocenters. The van der Waals surface area contributed by atoms with Gasteiger partial charge >= 0.3 is 12.1 Å². The predicted octanol–water partition coefficient (Wildman–Crippen LogP) is 5.45.